The van der Waals surface area contributed by atoms with Gasteiger partial charge in [0.2, 0.25) is 5.36 Å². The van der Waals surface area contributed by atoms with Crippen LogP contribution in [0.4, 0.5) is 0 Å². The highest BCUT2D eigenvalue weighted by Crippen LogP contribution is 2.25. The van der Waals surface area contributed by atoms with E-state index < -0.39 is 0 Å². The van der Waals surface area contributed by atoms with Gasteiger partial charge in [0.25, 0.3) is 5.56 Å². The van der Waals surface area contributed by atoms with Gasteiger partial charge in [-0.25, -0.2) is 19.3 Å². The first-order chi connectivity index (χ1) is 8.54. The third-order valence-corrected chi connectivity index (χ3v) is 4.00. The lowest BCUT2D eigenvalue weighted by atomic mass is 9.90. The average molecular weight is 249 g/mol. The van der Waals surface area contributed by atoms with Crippen LogP contribution < -0.4 is 27.1 Å². The summed E-state index contributed by atoms with van der Waals surface area (Å²) in [6.07, 6.45) is 5.29. The number of hydrogen-bond donors (Lipinski definition) is 1. The fourth-order valence-electron chi connectivity index (χ4n) is 2.91. The van der Waals surface area contributed by atoms with E-state index in [2.05, 4.69) is 9.98 Å². The summed E-state index contributed by atoms with van der Waals surface area (Å²) in [6.45, 7) is 0. The molecule has 0 bridgehead atoms. The first-order valence-corrected chi connectivity index (χ1v) is 6.35. The third kappa shape index (κ3) is 1.41. The molecule has 6 nitrogen and oxygen atoms in total. The highest BCUT2D eigenvalue weighted by atomic mass is 16.2. The lowest BCUT2D eigenvalue weighted by molar-refractivity contribution is -0.591. The minimum atomic E-state index is -0.349. The maximum Gasteiger partial charge on any atom is 0.418 e. The largest absolute Gasteiger partial charge is 0.418 e. The topological polar surface area (TPSA) is 70.3 Å². The summed E-state index contributed by atoms with van der Waals surface area (Å²) in [4.78, 5) is 31.9. The lowest BCUT2D eigenvalue weighted by Gasteiger charge is -2.24. The van der Waals surface area contributed by atoms with Crippen molar-refractivity contribution in [2.75, 3.05) is 0 Å². The Balaban J connectivity index is 2.36. The minimum Gasteiger partial charge on any atom is -0.266 e. The van der Waals surface area contributed by atoms with E-state index in [-0.39, 0.29) is 16.9 Å². The molecule has 6 heteroatoms. The van der Waals surface area contributed by atoms with Gasteiger partial charge in [0.1, 0.15) is 0 Å². The first-order valence-electron chi connectivity index (χ1n) is 6.35. The molecule has 3 rings (SSSR count). The molecule has 0 amide bonds. The van der Waals surface area contributed by atoms with E-state index in [0.717, 1.165) is 30.3 Å². The van der Waals surface area contributed by atoms with Crippen molar-refractivity contribution in [2.24, 2.45) is 19.1 Å². The van der Waals surface area contributed by atoms with Crippen LogP contribution in [0.15, 0.2) is 14.6 Å². The van der Waals surface area contributed by atoms with Gasteiger partial charge in [0.05, 0.1) is 7.05 Å². The molecule has 2 aliphatic rings. The van der Waals surface area contributed by atoms with Crippen LogP contribution in [-0.2, 0) is 14.1 Å². The Hall–Kier alpha value is -1.72. The Kier molecular flexibility index (Phi) is 2.30. The molecule has 1 spiro atoms. The van der Waals surface area contributed by atoms with E-state index >= 15 is 0 Å². The molecule has 1 aromatic rings. The van der Waals surface area contributed by atoms with Crippen molar-refractivity contribution in [3.8, 4) is 0 Å². The van der Waals surface area contributed by atoms with Crippen molar-refractivity contribution in [1.82, 2.24) is 9.13 Å². The molecule has 0 saturated heterocycles. The van der Waals surface area contributed by atoms with Gasteiger partial charge in [-0.15, -0.1) is 0 Å². The molecule has 18 heavy (non-hydrogen) atoms. The van der Waals surface area contributed by atoms with Crippen LogP contribution in [0.25, 0.3) is 0 Å². The zero-order valence-corrected chi connectivity index (χ0v) is 10.7. The SMILES string of the molecule is Cn1c(=O)c2c(n(C)c1=O)=[NH+]C1(CCCCC1)N=2. The zero-order chi connectivity index (χ0) is 12.9. The van der Waals surface area contributed by atoms with Gasteiger partial charge in [0, 0.05) is 19.9 Å². The maximum absolute atomic E-state index is 12.1. The molecule has 0 unspecified atom stereocenters. The van der Waals surface area contributed by atoms with Gasteiger partial charge >= 0.3 is 11.2 Å². The summed E-state index contributed by atoms with van der Waals surface area (Å²) in [5, 5.41) is 0.404. The number of fused-ring (bicyclic) bond motifs is 1. The van der Waals surface area contributed by atoms with Gasteiger partial charge < -0.3 is 0 Å². The number of nitrogens with one attached hydrogen (secondary N) is 1. The van der Waals surface area contributed by atoms with Crippen LogP contribution in [0.1, 0.15) is 32.1 Å². The number of nitrogens with zero attached hydrogens (tertiary/aromatic N) is 3. The van der Waals surface area contributed by atoms with Crippen LogP contribution in [0.5, 0.6) is 0 Å². The molecule has 1 aliphatic heterocycles. The van der Waals surface area contributed by atoms with Gasteiger partial charge in [-0.1, -0.05) is 6.42 Å². The highest BCUT2D eigenvalue weighted by Gasteiger charge is 2.37. The van der Waals surface area contributed by atoms with E-state index in [1.165, 1.54) is 18.0 Å². The summed E-state index contributed by atoms with van der Waals surface area (Å²) in [7, 11) is 3.16. The Morgan fingerprint density at radius 3 is 2.44 bits per heavy atom. The van der Waals surface area contributed by atoms with Crippen molar-refractivity contribution >= 4 is 0 Å². The monoisotopic (exact) mass is 249 g/mol. The van der Waals surface area contributed by atoms with Crippen molar-refractivity contribution in [2.45, 2.75) is 37.8 Å². The normalized spacial score (nSPS) is 20.3. The second-order valence-electron chi connectivity index (χ2n) is 5.23. The van der Waals surface area contributed by atoms with Crippen molar-refractivity contribution < 1.29 is 4.99 Å². The highest BCUT2D eigenvalue weighted by molar-refractivity contribution is 4.92. The van der Waals surface area contributed by atoms with Crippen LogP contribution in [0.2, 0.25) is 0 Å². The van der Waals surface area contributed by atoms with Crippen LogP contribution in [-0.4, -0.2) is 14.8 Å². The smallest absolute Gasteiger partial charge is 0.266 e. The molecule has 2 heterocycles. The Labute approximate surface area is 103 Å². The molecule has 1 aliphatic carbocycles. The van der Waals surface area contributed by atoms with E-state index in [0.29, 0.717) is 10.8 Å². The predicted molar refractivity (Wildman–Crippen MR) is 63.6 cm³/mol. The summed E-state index contributed by atoms with van der Waals surface area (Å²) >= 11 is 0. The Morgan fingerprint density at radius 2 is 1.78 bits per heavy atom. The van der Waals surface area contributed by atoms with Crippen molar-refractivity contribution in [3.63, 3.8) is 0 Å². The van der Waals surface area contributed by atoms with E-state index in [1.807, 2.05) is 0 Å². The first kappa shape index (κ1) is 11.4. The second-order valence-corrected chi connectivity index (χ2v) is 5.23. The van der Waals surface area contributed by atoms with Crippen molar-refractivity contribution in [1.29, 1.82) is 0 Å². The zero-order valence-electron chi connectivity index (χ0n) is 10.7. The Bertz CT molecular complexity index is 735. The number of hydrogen-bond acceptors (Lipinski definition) is 3. The summed E-state index contributed by atoms with van der Waals surface area (Å²) in [6, 6.07) is 0. The van der Waals surface area contributed by atoms with Gasteiger partial charge in [-0.2, -0.15) is 4.57 Å². The van der Waals surface area contributed by atoms with E-state index in [4.69, 9.17) is 0 Å². The summed E-state index contributed by atoms with van der Waals surface area (Å²) in [5.74, 6) is 0. The van der Waals surface area contributed by atoms with Crippen LogP contribution in [0.3, 0.4) is 0 Å². The van der Waals surface area contributed by atoms with E-state index in [1.54, 1.807) is 7.05 Å². The Morgan fingerprint density at radius 1 is 1.11 bits per heavy atom. The standard InChI is InChI=1S/C12H16N4O2/c1-15-9-8(10(17)16(2)11(15)18)13-12(14-9)6-4-3-5-7-12/h3-7H2,1-2H3/p+1. The molecule has 1 saturated carbocycles. The molecule has 1 fully saturated rings. The molecule has 0 aromatic carbocycles. The summed E-state index contributed by atoms with van der Waals surface area (Å²) in [5.41, 5.74) is -0.388. The molecule has 0 atom stereocenters. The third-order valence-electron chi connectivity index (χ3n) is 4.00. The molecular formula is C12H17N4O2+. The molecule has 96 valence electrons. The van der Waals surface area contributed by atoms with Crippen LogP contribution >= 0.6 is 0 Å². The maximum atomic E-state index is 12.1. The fraction of sp³-hybridized carbons (Fsp3) is 0.667. The molecular weight excluding hydrogens is 232 g/mol. The molecule has 1 aromatic heterocycles. The molecule has 0 radical (unpaired) electrons. The predicted octanol–water partition coefficient (Wildman–Crippen LogP) is -2.92. The quantitative estimate of drug-likeness (QED) is 0.535. The number of aromatic nitrogens is 2. The van der Waals surface area contributed by atoms with Gasteiger partial charge in [-0.3, -0.25) is 4.79 Å². The van der Waals surface area contributed by atoms with Gasteiger partial charge in [-0.05, 0) is 12.8 Å². The lowest BCUT2D eigenvalue weighted by Crippen LogP contribution is -2.90. The fourth-order valence-corrected chi connectivity index (χ4v) is 2.91. The number of rotatable bonds is 0. The second kappa shape index (κ2) is 3.63. The van der Waals surface area contributed by atoms with Gasteiger partial charge in [0.15, 0.2) is 5.66 Å². The van der Waals surface area contributed by atoms with Crippen molar-refractivity contribution in [3.05, 3.63) is 31.7 Å². The minimum absolute atomic E-state index is 0.303. The average Bonchev–Trinajstić information content (AvgIpc) is 2.74. The van der Waals surface area contributed by atoms with E-state index in [9.17, 15) is 9.59 Å². The van der Waals surface area contributed by atoms with Crippen LogP contribution in [0, 0.1) is 0 Å². The summed E-state index contributed by atoms with van der Waals surface area (Å²) < 4.78 is 2.59. The molecule has 1 N–H and O–H groups in total.